The smallest absolute Gasteiger partial charge is 0.151 e. The second-order valence-electron chi connectivity index (χ2n) is 6.34. The minimum Gasteiger partial charge on any atom is -0.351 e. The number of aromatic nitrogens is 2. The van der Waals surface area contributed by atoms with Crippen LogP contribution in [0, 0.1) is 5.41 Å². The van der Waals surface area contributed by atoms with Crippen LogP contribution in [0.2, 0.25) is 0 Å². The molecule has 0 radical (unpaired) electrons. The van der Waals surface area contributed by atoms with Crippen LogP contribution in [0.1, 0.15) is 39.8 Å². The fourth-order valence-corrected chi connectivity index (χ4v) is 2.43. The Morgan fingerprint density at radius 1 is 1.25 bits per heavy atom. The molecule has 0 atom stereocenters. The van der Waals surface area contributed by atoms with Crippen molar-refractivity contribution in [3.63, 3.8) is 0 Å². The Morgan fingerprint density at radius 2 is 2.05 bits per heavy atom. The Balaban J connectivity index is 1.98. The molecule has 1 aromatic heterocycles. The number of nitrogens with zero attached hydrogens (tertiary/aromatic N) is 3. The predicted molar refractivity (Wildman–Crippen MR) is 83.8 cm³/mol. The van der Waals surface area contributed by atoms with Gasteiger partial charge in [0.2, 0.25) is 0 Å². The first-order valence-corrected chi connectivity index (χ1v) is 7.48. The van der Waals surface area contributed by atoms with Crippen molar-refractivity contribution in [2.45, 2.75) is 40.7 Å². The first kappa shape index (κ1) is 15.0. The van der Waals surface area contributed by atoms with E-state index in [9.17, 15) is 0 Å². The number of nitrogens with one attached hydrogen (secondary N) is 1. The topological polar surface area (TPSA) is 41.0 Å². The molecule has 1 aliphatic rings. The van der Waals surface area contributed by atoms with Crippen LogP contribution in [0.3, 0.4) is 0 Å². The molecule has 0 unspecified atom stereocenters. The van der Waals surface area contributed by atoms with E-state index in [1.807, 2.05) is 0 Å². The minimum atomic E-state index is 0.285. The van der Waals surface area contributed by atoms with Gasteiger partial charge in [-0.2, -0.15) is 5.10 Å². The maximum Gasteiger partial charge on any atom is 0.151 e. The van der Waals surface area contributed by atoms with Gasteiger partial charge in [-0.15, -0.1) is 5.10 Å². The van der Waals surface area contributed by atoms with Crippen LogP contribution in [0.15, 0.2) is 23.8 Å². The highest BCUT2D eigenvalue weighted by molar-refractivity contribution is 5.40. The fourth-order valence-electron chi connectivity index (χ4n) is 2.43. The highest BCUT2D eigenvalue weighted by Crippen LogP contribution is 2.30. The fraction of sp³-hybridized carbons (Fsp3) is 0.625. The third kappa shape index (κ3) is 3.79. The molecule has 0 bridgehead atoms. The molecule has 110 valence electrons. The lowest BCUT2D eigenvalue weighted by molar-refractivity contribution is 0.472. The van der Waals surface area contributed by atoms with Gasteiger partial charge in [-0.3, -0.25) is 0 Å². The highest BCUT2D eigenvalue weighted by atomic mass is 15.3. The number of hydrogen-bond donors (Lipinski definition) is 1. The van der Waals surface area contributed by atoms with Crippen molar-refractivity contribution in [1.82, 2.24) is 15.5 Å². The number of anilines is 1. The molecular weight excluding hydrogens is 248 g/mol. The van der Waals surface area contributed by atoms with Gasteiger partial charge in [0.1, 0.15) is 0 Å². The summed E-state index contributed by atoms with van der Waals surface area (Å²) in [5.74, 6) is 0.981. The number of hydrogen-bond acceptors (Lipinski definition) is 4. The van der Waals surface area contributed by atoms with Gasteiger partial charge in [0, 0.05) is 19.6 Å². The van der Waals surface area contributed by atoms with E-state index < -0.39 is 0 Å². The Morgan fingerprint density at radius 3 is 2.55 bits per heavy atom. The largest absolute Gasteiger partial charge is 0.351 e. The van der Waals surface area contributed by atoms with Crippen molar-refractivity contribution in [3.8, 4) is 0 Å². The summed E-state index contributed by atoms with van der Waals surface area (Å²) in [5, 5.41) is 11.9. The summed E-state index contributed by atoms with van der Waals surface area (Å²) in [6.07, 6.45) is 3.46. The molecule has 1 N–H and O–H groups in total. The Hall–Kier alpha value is -1.42. The predicted octanol–water partition coefficient (Wildman–Crippen LogP) is 2.77. The Labute approximate surface area is 122 Å². The summed E-state index contributed by atoms with van der Waals surface area (Å²) >= 11 is 0. The molecule has 0 fully saturated rings. The lowest BCUT2D eigenvalue weighted by Gasteiger charge is -2.32. The molecule has 0 amide bonds. The van der Waals surface area contributed by atoms with E-state index in [4.69, 9.17) is 0 Å². The maximum absolute atomic E-state index is 4.35. The van der Waals surface area contributed by atoms with E-state index in [-0.39, 0.29) is 5.41 Å². The van der Waals surface area contributed by atoms with E-state index in [1.165, 1.54) is 0 Å². The summed E-state index contributed by atoms with van der Waals surface area (Å²) in [6.45, 7) is 12.7. The SMILES string of the molecule is CCNCc1ccc(N2CC=C(C(C)(C)C)CC2)nn1. The van der Waals surface area contributed by atoms with Gasteiger partial charge >= 0.3 is 0 Å². The molecule has 20 heavy (non-hydrogen) atoms. The molecule has 0 aromatic carbocycles. The summed E-state index contributed by atoms with van der Waals surface area (Å²) in [6, 6.07) is 4.14. The molecule has 0 saturated carbocycles. The molecule has 4 heteroatoms. The summed E-state index contributed by atoms with van der Waals surface area (Å²) < 4.78 is 0. The Bertz CT molecular complexity index is 456. The standard InChI is InChI=1S/C16H26N4/c1-5-17-12-14-6-7-15(19-18-14)20-10-8-13(9-11-20)16(2,3)4/h6-8,17H,5,9-12H2,1-4H3. The van der Waals surface area contributed by atoms with Crippen molar-refractivity contribution in [2.24, 2.45) is 5.41 Å². The normalized spacial score (nSPS) is 16.2. The van der Waals surface area contributed by atoms with Crippen LogP contribution in [-0.2, 0) is 6.54 Å². The van der Waals surface area contributed by atoms with Crippen molar-refractivity contribution in [1.29, 1.82) is 0 Å². The number of rotatable bonds is 4. The maximum atomic E-state index is 4.35. The monoisotopic (exact) mass is 274 g/mol. The van der Waals surface area contributed by atoms with E-state index in [0.29, 0.717) is 0 Å². The minimum absolute atomic E-state index is 0.285. The third-order valence-electron chi connectivity index (χ3n) is 3.76. The zero-order valence-electron chi connectivity index (χ0n) is 13.1. The van der Waals surface area contributed by atoms with Crippen LogP contribution in [-0.4, -0.2) is 29.8 Å². The Kier molecular flexibility index (Phi) is 4.76. The van der Waals surface area contributed by atoms with Gasteiger partial charge < -0.3 is 10.2 Å². The van der Waals surface area contributed by atoms with Gasteiger partial charge in [-0.05, 0) is 30.5 Å². The average Bonchev–Trinajstić information content (AvgIpc) is 2.45. The average molecular weight is 274 g/mol. The highest BCUT2D eigenvalue weighted by Gasteiger charge is 2.21. The van der Waals surface area contributed by atoms with E-state index >= 15 is 0 Å². The van der Waals surface area contributed by atoms with Crippen LogP contribution >= 0.6 is 0 Å². The molecule has 2 rings (SSSR count). The molecule has 2 heterocycles. The van der Waals surface area contributed by atoms with Crippen molar-refractivity contribution >= 4 is 5.82 Å². The van der Waals surface area contributed by atoms with Crippen LogP contribution in [0.25, 0.3) is 0 Å². The van der Waals surface area contributed by atoms with Crippen molar-refractivity contribution in [3.05, 3.63) is 29.5 Å². The molecule has 1 aromatic rings. The van der Waals surface area contributed by atoms with Gasteiger partial charge in [-0.25, -0.2) is 0 Å². The summed E-state index contributed by atoms with van der Waals surface area (Å²) in [4.78, 5) is 2.29. The van der Waals surface area contributed by atoms with Gasteiger partial charge in [0.25, 0.3) is 0 Å². The van der Waals surface area contributed by atoms with E-state index in [0.717, 1.165) is 44.1 Å². The van der Waals surface area contributed by atoms with Crippen LogP contribution < -0.4 is 10.2 Å². The lowest BCUT2D eigenvalue weighted by atomic mass is 9.83. The van der Waals surface area contributed by atoms with Crippen molar-refractivity contribution in [2.75, 3.05) is 24.5 Å². The van der Waals surface area contributed by atoms with Crippen LogP contribution in [0.4, 0.5) is 5.82 Å². The van der Waals surface area contributed by atoms with Crippen molar-refractivity contribution < 1.29 is 0 Å². The quantitative estimate of drug-likeness (QED) is 0.857. The van der Waals surface area contributed by atoms with E-state index in [1.54, 1.807) is 5.57 Å². The van der Waals surface area contributed by atoms with Gasteiger partial charge in [0.05, 0.1) is 5.69 Å². The zero-order valence-corrected chi connectivity index (χ0v) is 13.1. The molecule has 0 saturated heterocycles. The molecule has 1 aliphatic heterocycles. The zero-order chi connectivity index (χ0) is 14.6. The summed E-state index contributed by atoms with van der Waals surface area (Å²) in [7, 11) is 0. The molecule has 0 spiro atoms. The molecule has 0 aliphatic carbocycles. The van der Waals surface area contributed by atoms with Crippen LogP contribution in [0.5, 0.6) is 0 Å². The van der Waals surface area contributed by atoms with E-state index in [2.05, 4.69) is 66.3 Å². The van der Waals surface area contributed by atoms with Gasteiger partial charge in [-0.1, -0.05) is 39.3 Å². The lowest BCUT2D eigenvalue weighted by Crippen LogP contribution is -2.32. The first-order valence-electron chi connectivity index (χ1n) is 7.48. The molecular formula is C16H26N4. The van der Waals surface area contributed by atoms with Gasteiger partial charge in [0.15, 0.2) is 5.82 Å². The third-order valence-corrected chi connectivity index (χ3v) is 3.76. The molecule has 4 nitrogen and oxygen atoms in total. The first-order chi connectivity index (χ1) is 9.50. The second-order valence-corrected chi connectivity index (χ2v) is 6.34. The summed E-state index contributed by atoms with van der Waals surface area (Å²) in [5.41, 5.74) is 2.83. The second kappa shape index (κ2) is 6.35.